The number of para-hydroxylation sites is 1. The zero-order chi connectivity index (χ0) is 22.9. The number of fused-ring (bicyclic) bond motifs is 2. The van der Waals surface area contributed by atoms with Crippen molar-refractivity contribution in [3.05, 3.63) is 78.1 Å². The maximum atomic E-state index is 5.33. The lowest BCUT2D eigenvalue weighted by Gasteiger charge is -2.35. The maximum Gasteiger partial charge on any atom is 0.141 e. The molecule has 6 rings (SSSR count). The van der Waals surface area contributed by atoms with E-state index >= 15 is 0 Å². The monoisotopic (exact) mass is 467 g/mol. The molecule has 0 aliphatic carbocycles. The number of aromatic nitrogens is 3. The Kier molecular flexibility index (Phi) is 5.57. The zero-order valence-corrected chi connectivity index (χ0v) is 19.8. The van der Waals surface area contributed by atoms with E-state index < -0.39 is 0 Å². The maximum absolute atomic E-state index is 5.33. The number of nitrogens with zero attached hydrogens (tertiary/aromatic N) is 5. The minimum Gasteiger partial charge on any atom is -0.497 e. The number of hydrogen-bond acceptors (Lipinski definition) is 7. The summed E-state index contributed by atoms with van der Waals surface area (Å²) in [7, 11) is 1.69. The first-order valence-electron chi connectivity index (χ1n) is 11.5. The minimum absolute atomic E-state index is 0.859. The number of benzene rings is 2. The molecule has 0 unspecified atom stereocenters. The van der Waals surface area contributed by atoms with Gasteiger partial charge in [0.15, 0.2) is 0 Å². The molecule has 3 aromatic heterocycles. The Morgan fingerprint density at radius 1 is 0.912 bits per heavy atom. The molecule has 6 nitrogen and oxygen atoms in total. The SMILES string of the molecule is COc1ccc(-c2csc3ncnc(N4CCN(Cc5cccc6cccnc56)CC4)c23)cc1. The van der Waals surface area contributed by atoms with Gasteiger partial charge in [0.05, 0.1) is 18.0 Å². The molecule has 170 valence electrons. The predicted molar refractivity (Wildman–Crippen MR) is 139 cm³/mol. The van der Waals surface area contributed by atoms with Crippen LogP contribution >= 0.6 is 11.3 Å². The third-order valence-electron chi connectivity index (χ3n) is 6.53. The second-order valence-corrected chi connectivity index (χ2v) is 9.37. The van der Waals surface area contributed by atoms with Crippen LogP contribution < -0.4 is 9.64 Å². The summed E-state index contributed by atoms with van der Waals surface area (Å²) in [6.07, 6.45) is 3.57. The fourth-order valence-electron chi connectivity index (χ4n) is 4.74. The predicted octanol–water partition coefficient (Wildman–Crippen LogP) is 5.24. The molecule has 0 N–H and O–H groups in total. The van der Waals surface area contributed by atoms with Gasteiger partial charge in [-0.15, -0.1) is 11.3 Å². The number of piperazine rings is 1. The van der Waals surface area contributed by atoms with E-state index in [-0.39, 0.29) is 0 Å². The summed E-state index contributed by atoms with van der Waals surface area (Å²) in [5.74, 6) is 1.89. The van der Waals surface area contributed by atoms with Crippen LogP contribution in [0.3, 0.4) is 0 Å². The zero-order valence-electron chi connectivity index (χ0n) is 19.0. The van der Waals surface area contributed by atoms with Crippen LogP contribution in [0.25, 0.3) is 32.2 Å². The van der Waals surface area contributed by atoms with Crippen molar-refractivity contribution in [1.29, 1.82) is 0 Å². The normalized spacial score (nSPS) is 14.7. The first kappa shape index (κ1) is 21.0. The molecule has 34 heavy (non-hydrogen) atoms. The van der Waals surface area contributed by atoms with E-state index in [0.29, 0.717) is 0 Å². The molecule has 4 heterocycles. The van der Waals surface area contributed by atoms with E-state index in [1.165, 1.54) is 16.5 Å². The number of pyridine rings is 1. The molecular weight excluding hydrogens is 442 g/mol. The Bertz CT molecular complexity index is 1440. The van der Waals surface area contributed by atoms with Gasteiger partial charge >= 0.3 is 0 Å². The Morgan fingerprint density at radius 3 is 2.56 bits per heavy atom. The molecule has 2 aromatic carbocycles. The van der Waals surface area contributed by atoms with Crippen LogP contribution in [0, 0.1) is 0 Å². The van der Waals surface area contributed by atoms with Crippen molar-refractivity contribution in [3.63, 3.8) is 0 Å². The summed E-state index contributed by atoms with van der Waals surface area (Å²) in [4.78, 5) is 19.9. The molecule has 7 heteroatoms. The highest BCUT2D eigenvalue weighted by Crippen LogP contribution is 2.38. The van der Waals surface area contributed by atoms with Crippen LogP contribution in [0.1, 0.15) is 5.56 Å². The van der Waals surface area contributed by atoms with Crippen LogP contribution in [0.2, 0.25) is 0 Å². The molecule has 0 atom stereocenters. The highest BCUT2D eigenvalue weighted by molar-refractivity contribution is 7.17. The van der Waals surface area contributed by atoms with Crippen molar-refractivity contribution >= 4 is 38.3 Å². The van der Waals surface area contributed by atoms with Gasteiger partial charge in [-0.25, -0.2) is 9.97 Å². The van der Waals surface area contributed by atoms with Gasteiger partial charge in [-0.1, -0.05) is 36.4 Å². The summed E-state index contributed by atoms with van der Waals surface area (Å²) in [6, 6.07) is 18.8. The van der Waals surface area contributed by atoms with Gasteiger partial charge in [0.2, 0.25) is 0 Å². The Hall–Kier alpha value is -3.55. The third-order valence-corrected chi connectivity index (χ3v) is 7.42. The van der Waals surface area contributed by atoms with Crippen LogP contribution in [0.15, 0.2) is 72.5 Å². The van der Waals surface area contributed by atoms with Gasteiger partial charge in [0.1, 0.15) is 22.7 Å². The number of ether oxygens (including phenoxy) is 1. The standard InChI is InChI=1S/C27H25N5OS/c1-33-22-9-7-19(8-10-22)23-17-34-27-24(23)26(29-18-30-27)32-14-12-31(13-15-32)16-21-5-2-4-20-6-3-11-28-25(20)21/h2-11,17-18H,12-16H2,1H3. The fraction of sp³-hybridized carbons (Fsp3) is 0.222. The van der Waals surface area contributed by atoms with Crippen LogP contribution in [-0.4, -0.2) is 53.1 Å². The van der Waals surface area contributed by atoms with Crippen LogP contribution in [0.4, 0.5) is 5.82 Å². The molecule has 0 bridgehead atoms. The first-order chi connectivity index (χ1) is 16.8. The lowest BCUT2D eigenvalue weighted by atomic mass is 10.1. The van der Waals surface area contributed by atoms with Gasteiger partial charge in [0, 0.05) is 55.3 Å². The van der Waals surface area contributed by atoms with Crippen molar-refractivity contribution in [2.75, 3.05) is 38.2 Å². The van der Waals surface area contributed by atoms with E-state index in [2.05, 4.69) is 61.5 Å². The number of hydrogen-bond donors (Lipinski definition) is 0. The average molecular weight is 468 g/mol. The third kappa shape index (κ3) is 3.87. The molecule has 0 spiro atoms. The van der Waals surface area contributed by atoms with E-state index in [9.17, 15) is 0 Å². The molecule has 0 radical (unpaired) electrons. The number of rotatable bonds is 5. The Morgan fingerprint density at radius 2 is 1.74 bits per heavy atom. The van der Waals surface area contributed by atoms with Crippen molar-refractivity contribution in [1.82, 2.24) is 19.9 Å². The molecule has 5 aromatic rings. The second kappa shape index (κ2) is 9.00. The molecule has 1 aliphatic heterocycles. The lowest BCUT2D eigenvalue weighted by Crippen LogP contribution is -2.46. The van der Waals surface area contributed by atoms with E-state index in [0.717, 1.165) is 65.6 Å². The van der Waals surface area contributed by atoms with Crippen LogP contribution in [0.5, 0.6) is 5.75 Å². The van der Waals surface area contributed by atoms with E-state index in [1.54, 1.807) is 24.8 Å². The van der Waals surface area contributed by atoms with Gasteiger partial charge in [-0.05, 0) is 29.3 Å². The minimum atomic E-state index is 0.859. The molecule has 1 saturated heterocycles. The smallest absolute Gasteiger partial charge is 0.141 e. The number of thiophene rings is 1. The summed E-state index contributed by atoms with van der Waals surface area (Å²) in [5, 5.41) is 4.53. The van der Waals surface area contributed by atoms with Gasteiger partial charge < -0.3 is 9.64 Å². The number of anilines is 1. The second-order valence-electron chi connectivity index (χ2n) is 8.51. The van der Waals surface area contributed by atoms with Gasteiger partial charge in [0.25, 0.3) is 0 Å². The van der Waals surface area contributed by atoms with Crippen molar-refractivity contribution < 1.29 is 4.74 Å². The van der Waals surface area contributed by atoms with Crippen molar-refractivity contribution in [3.8, 4) is 16.9 Å². The lowest BCUT2D eigenvalue weighted by molar-refractivity contribution is 0.250. The van der Waals surface area contributed by atoms with Gasteiger partial charge in [-0.3, -0.25) is 9.88 Å². The van der Waals surface area contributed by atoms with E-state index in [4.69, 9.17) is 9.72 Å². The highest BCUT2D eigenvalue weighted by Gasteiger charge is 2.23. The molecular formula is C27H25N5OS. The summed E-state index contributed by atoms with van der Waals surface area (Å²) >= 11 is 1.67. The summed E-state index contributed by atoms with van der Waals surface area (Å²) < 4.78 is 5.33. The first-order valence-corrected chi connectivity index (χ1v) is 12.3. The van der Waals surface area contributed by atoms with E-state index in [1.807, 2.05) is 24.4 Å². The van der Waals surface area contributed by atoms with Crippen LogP contribution in [-0.2, 0) is 6.54 Å². The Labute approximate surface area is 202 Å². The fourth-order valence-corrected chi connectivity index (χ4v) is 5.65. The molecule has 1 fully saturated rings. The average Bonchev–Trinajstić information content (AvgIpc) is 3.34. The topological polar surface area (TPSA) is 54.4 Å². The summed E-state index contributed by atoms with van der Waals surface area (Å²) in [5.41, 5.74) is 4.73. The highest BCUT2D eigenvalue weighted by atomic mass is 32.1. The number of methoxy groups -OCH3 is 1. The van der Waals surface area contributed by atoms with Crippen molar-refractivity contribution in [2.24, 2.45) is 0 Å². The molecule has 0 saturated carbocycles. The molecule has 1 aliphatic rings. The Balaban J connectivity index is 1.24. The largest absolute Gasteiger partial charge is 0.497 e. The quantitative estimate of drug-likeness (QED) is 0.352. The van der Waals surface area contributed by atoms with Gasteiger partial charge in [-0.2, -0.15) is 0 Å². The summed E-state index contributed by atoms with van der Waals surface area (Å²) in [6.45, 7) is 4.74. The molecule has 0 amide bonds. The van der Waals surface area contributed by atoms with Crippen molar-refractivity contribution in [2.45, 2.75) is 6.54 Å².